The summed E-state index contributed by atoms with van der Waals surface area (Å²) in [4.78, 5) is 0. The van der Waals surface area contributed by atoms with Crippen molar-refractivity contribution in [2.45, 2.75) is 13.8 Å². The fourth-order valence-corrected chi connectivity index (χ4v) is 1.15. The van der Waals surface area contributed by atoms with Crippen molar-refractivity contribution in [2.24, 2.45) is 14.1 Å². The molecule has 2 aromatic heterocycles. The van der Waals surface area contributed by atoms with Crippen molar-refractivity contribution in [3.05, 3.63) is 48.0 Å². The van der Waals surface area contributed by atoms with Gasteiger partial charge in [-0.2, -0.15) is 23.3 Å². The van der Waals surface area contributed by atoms with E-state index in [1.165, 1.54) is 11.1 Å². The van der Waals surface area contributed by atoms with Gasteiger partial charge in [-0.1, -0.05) is 13.8 Å². The molecule has 0 atom stereocenters. The van der Waals surface area contributed by atoms with Crippen molar-refractivity contribution < 1.29 is 19.5 Å². The summed E-state index contributed by atoms with van der Waals surface area (Å²) in [6, 6.07) is 4.06. The average molecular weight is 289 g/mol. The largest absolute Gasteiger partial charge is 2.00 e. The Morgan fingerprint density at radius 3 is 1.27 bits per heavy atom. The Morgan fingerprint density at radius 2 is 1.20 bits per heavy atom. The Kier molecular flexibility index (Phi) is 6.27. The summed E-state index contributed by atoms with van der Waals surface area (Å²) in [6.07, 6.45) is 10.1. The van der Waals surface area contributed by atoms with Crippen molar-refractivity contribution in [3.63, 3.8) is 0 Å². The van der Waals surface area contributed by atoms with Crippen LogP contribution < -0.4 is 0 Å². The molecule has 15 heavy (non-hydrogen) atoms. The maximum Gasteiger partial charge on any atom is 2.00 e. The van der Waals surface area contributed by atoms with Gasteiger partial charge in [-0.05, 0) is 14.1 Å². The first-order valence-electron chi connectivity index (χ1n) is 4.60. The molecule has 2 nitrogen and oxygen atoms in total. The molecule has 82 valence electrons. The van der Waals surface area contributed by atoms with Gasteiger partial charge >= 0.3 is 19.5 Å². The maximum atomic E-state index is 3.06. The van der Waals surface area contributed by atoms with Gasteiger partial charge in [-0.25, -0.2) is 0 Å². The predicted octanol–water partition coefficient (Wildman–Crippen LogP) is 2.26. The van der Waals surface area contributed by atoms with Crippen LogP contribution in [0, 0.1) is 26.2 Å². The quantitative estimate of drug-likeness (QED) is 0.520. The minimum Gasteiger partial charge on any atom is -0.473 e. The molecule has 0 unspecified atom stereocenters. The summed E-state index contributed by atoms with van der Waals surface area (Å²) in [7, 11) is 3.93. The average Bonchev–Trinajstić information content (AvgIpc) is 2.63. The molecule has 0 aliphatic heterocycles. The molecule has 0 amide bonds. The van der Waals surface area contributed by atoms with Gasteiger partial charge in [0.2, 0.25) is 0 Å². The van der Waals surface area contributed by atoms with E-state index in [2.05, 4.69) is 12.4 Å². The normalized spacial score (nSPS) is 8.80. The molecule has 0 fully saturated rings. The minimum absolute atomic E-state index is 0. The molecule has 0 aromatic carbocycles. The van der Waals surface area contributed by atoms with E-state index in [1.54, 1.807) is 0 Å². The monoisotopic (exact) mass is 290 g/mol. The van der Waals surface area contributed by atoms with E-state index in [4.69, 9.17) is 0 Å². The second kappa shape index (κ2) is 6.63. The number of aromatic nitrogens is 2. The van der Waals surface area contributed by atoms with Crippen LogP contribution in [0.1, 0.15) is 11.1 Å². The number of hydrogen-bond donors (Lipinski definition) is 0. The molecule has 0 radical (unpaired) electrons. The van der Waals surface area contributed by atoms with E-state index in [-0.39, 0.29) is 19.5 Å². The third kappa shape index (κ3) is 5.58. The topological polar surface area (TPSA) is 9.86 Å². The molecular formula is C12H16N2Ru. The van der Waals surface area contributed by atoms with Gasteiger partial charge in [0.05, 0.1) is 0 Å². The molecule has 0 aliphatic carbocycles. The summed E-state index contributed by atoms with van der Waals surface area (Å²) in [6.45, 7) is 4.06. The van der Waals surface area contributed by atoms with Crippen molar-refractivity contribution in [1.29, 1.82) is 0 Å². The van der Waals surface area contributed by atoms with Crippen LogP contribution in [0.15, 0.2) is 24.5 Å². The minimum atomic E-state index is 0. The summed E-state index contributed by atoms with van der Waals surface area (Å²) >= 11 is 0. The van der Waals surface area contributed by atoms with Gasteiger partial charge < -0.3 is 9.13 Å². The van der Waals surface area contributed by atoms with Gasteiger partial charge in [0.15, 0.2) is 0 Å². The van der Waals surface area contributed by atoms with Crippen LogP contribution in [-0.4, -0.2) is 9.13 Å². The van der Waals surface area contributed by atoms with Crippen LogP contribution in [0.5, 0.6) is 0 Å². The summed E-state index contributed by atoms with van der Waals surface area (Å²) in [5.74, 6) is 0. The van der Waals surface area contributed by atoms with E-state index < -0.39 is 0 Å². The van der Waals surface area contributed by atoms with Crippen LogP contribution in [0.4, 0.5) is 0 Å². The van der Waals surface area contributed by atoms with Crippen LogP contribution in [-0.2, 0) is 33.6 Å². The Balaban J connectivity index is 0.000000245. The zero-order chi connectivity index (χ0) is 10.6. The first-order chi connectivity index (χ1) is 6.58. The smallest absolute Gasteiger partial charge is 0.473 e. The zero-order valence-electron chi connectivity index (χ0n) is 9.56. The number of hydrogen-bond acceptors (Lipinski definition) is 0. The first-order valence-corrected chi connectivity index (χ1v) is 4.60. The van der Waals surface area contributed by atoms with Gasteiger partial charge in [0.25, 0.3) is 0 Å². The molecule has 0 aliphatic rings. The maximum absolute atomic E-state index is 3.06. The van der Waals surface area contributed by atoms with Crippen molar-refractivity contribution in [2.75, 3.05) is 0 Å². The van der Waals surface area contributed by atoms with Crippen LogP contribution in [0.2, 0.25) is 0 Å². The third-order valence-electron chi connectivity index (χ3n) is 1.80. The molecule has 0 saturated carbocycles. The molecule has 0 bridgehead atoms. The molecule has 0 spiro atoms. The van der Waals surface area contributed by atoms with Crippen molar-refractivity contribution in [1.82, 2.24) is 9.13 Å². The van der Waals surface area contributed by atoms with Crippen LogP contribution >= 0.6 is 0 Å². The van der Waals surface area contributed by atoms with Crippen molar-refractivity contribution >= 4 is 0 Å². The molecule has 2 rings (SSSR count). The second-order valence-corrected chi connectivity index (χ2v) is 3.44. The summed E-state index contributed by atoms with van der Waals surface area (Å²) < 4.78 is 3.82. The zero-order valence-corrected chi connectivity index (χ0v) is 11.3. The second-order valence-electron chi connectivity index (χ2n) is 3.44. The standard InChI is InChI=1S/2C6H8N.Ru/c2*1-6-3-4-7(2)5-6;/h2*3-4H,1-2H3;/q2*-1;+2. The third-order valence-corrected chi connectivity index (χ3v) is 1.80. The molecule has 2 aromatic rings. The number of aryl methyl sites for hydroxylation is 4. The Bertz CT molecular complexity index is 316. The number of nitrogens with zero attached hydrogens (tertiary/aromatic N) is 2. The summed E-state index contributed by atoms with van der Waals surface area (Å²) in [5.41, 5.74) is 2.39. The van der Waals surface area contributed by atoms with E-state index in [0.717, 1.165) is 0 Å². The Labute approximate surface area is 105 Å². The molecule has 0 saturated heterocycles. The molecule has 0 N–H and O–H groups in total. The summed E-state index contributed by atoms with van der Waals surface area (Å²) in [5, 5.41) is 0. The van der Waals surface area contributed by atoms with Gasteiger partial charge in [-0.3, -0.25) is 0 Å². The number of rotatable bonds is 0. The SMILES string of the molecule is Cc1[c-]n(C)cc1.Cc1[c-]n(C)cc1.[Ru+2]. The Hall–Kier alpha value is -0.817. The van der Waals surface area contributed by atoms with Crippen LogP contribution in [0.25, 0.3) is 0 Å². The fourth-order valence-electron chi connectivity index (χ4n) is 1.15. The van der Waals surface area contributed by atoms with E-state index >= 15 is 0 Å². The Morgan fingerprint density at radius 1 is 0.867 bits per heavy atom. The predicted molar refractivity (Wildman–Crippen MR) is 58.0 cm³/mol. The van der Waals surface area contributed by atoms with Gasteiger partial charge in [0.1, 0.15) is 0 Å². The van der Waals surface area contributed by atoms with Gasteiger partial charge in [-0.15, -0.1) is 24.8 Å². The molecule has 2 heterocycles. The van der Waals surface area contributed by atoms with Crippen LogP contribution in [0.3, 0.4) is 0 Å². The first kappa shape index (κ1) is 14.2. The molecular weight excluding hydrogens is 273 g/mol. The van der Waals surface area contributed by atoms with E-state index in [1.807, 2.05) is 61.6 Å². The fraction of sp³-hybridized carbons (Fsp3) is 0.333. The van der Waals surface area contributed by atoms with Gasteiger partial charge in [0, 0.05) is 0 Å². The van der Waals surface area contributed by atoms with E-state index in [9.17, 15) is 0 Å². The molecule has 3 heteroatoms. The van der Waals surface area contributed by atoms with Crippen molar-refractivity contribution in [3.8, 4) is 0 Å². The van der Waals surface area contributed by atoms with E-state index in [0.29, 0.717) is 0 Å².